The number of halogens is 2. The highest BCUT2D eigenvalue weighted by Gasteiger charge is 2.44. The third kappa shape index (κ3) is 4.32. The van der Waals surface area contributed by atoms with Gasteiger partial charge >= 0.3 is 5.97 Å². The van der Waals surface area contributed by atoms with Gasteiger partial charge in [-0.3, -0.25) is 4.68 Å². The van der Waals surface area contributed by atoms with Gasteiger partial charge in [-0.05, 0) is 30.4 Å². The van der Waals surface area contributed by atoms with Crippen molar-refractivity contribution in [3.8, 4) is 22.9 Å². The average molecular weight is 495 g/mol. The number of hydrogen-bond donors (Lipinski definition) is 1. The van der Waals surface area contributed by atoms with Gasteiger partial charge in [-0.2, -0.15) is 5.10 Å². The molecule has 0 spiro atoms. The van der Waals surface area contributed by atoms with Crippen molar-refractivity contribution in [3.05, 3.63) is 66.1 Å². The highest BCUT2D eigenvalue weighted by atomic mass is 19.1. The maximum atomic E-state index is 14.9. The van der Waals surface area contributed by atoms with Crippen LogP contribution in [0.25, 0.3) is 22.9 Å². The Morgan fingerprint density at radius 1 is 1.19 bits per heavy atom. The zero-order valence-corrected chi connectivity index (χ0v) is 19.7. The van der Waals surface area contributed by atoms with E-state index in [0.717, 1.165) is 6.20 Å². The lowest BCUT2D eigenvalue weighted by Crippen LogP contribution is -2.55. The molecule has 0 bridgehead atoms. The molecule has 1 fully saturated rings. The largest absolute Gasteiger partial charge is 0.480 e. The number of benzene rings is 1. The van der Waals surface area contributed by atoms with Crippen molar-refractivity contribution in [2.75, 3.05) is 11.4 Å². The van der Waals surface area contributed by atoms with Crippen LogP contribution in [0.2, 0.25) is 0 Å². The van der Waals surface area contributed by atoms with Crippen LogP contribution in [0.1, 0.15) is 32.3 Å². The second-order valence-corrected chi connectivity index (χ2v) is 9.44. The molecule has 9 nitrogen and oxygen atoms in total. The van der Waals surface area contributed by atoms with Crippen LogP contribution in [0.3, 0.4) is 0 Å². The number of aliphatic carboxylic acids is 1. The third-order valence-electron chi connectivity index (χ3n) is 6.49. The van der Waals surface area contributed by atoms with Crippen molar-refractivity contribution in [2.24, 2.45) is 5.41 Å². The Bertz CT molecular complexity index is 1400. The number of carbonyl (C=O) groups is 1. The predicted molar refractivity (Wildman–Crippen MR) is 126 cm³/mol. The van der Waals surface area contributed by atoms with Crippen LogP contribution >= 0.6 is 0 Å². The molecule has 0 radical (unpaired) electrons. The van der Waals surface area contributed by atoms with E-state index in [-0.39, 0.29) is 24.0 Å². The molecule has 11 heteroatoms. The molecule has 4 aromatic rings. The summed E-state index contributed by atoms with van der Waals surface area (Å²) < 4.78 is 35.8. The van der Waals surface area contributed by atoms with E-state index in [4.69, 9.17) is 4.52 Å². The van der Waals surface area contributed by atoms with E-state index >= 15 is 0 Å². The molecule has 0 amide bonds. The first kappa shape index (κ1) is 23.6. The van der Waals surface area contributed by atoms with Crippen molar-refractivity contribution >= 4 is 11.8 Å². The lowest BCUT2D eigenvalue weighted by molar-refractivity contribution is -0.142. The smallest absolute Gasteiger partial charge is 0.326 e. The number of hydrogen-bond acceptors (Lipinski definition) is 7. The minimum atomic E-state index is -1.04. The Morgan fingerprint density at radius 2 is 2.00 bits per heavy atom. The summed E-state index contributed by atoms with van der Waals surface area (Å²) in [5.74, 6) is -2.12. The molecule has 1 saturated heterocycles. The predicted octanol–water partition coefficient (Wildman–Crippen LogP) is 4.40. The summed E-state index contributed by atoms with van der Waals surface area (Å²) in [5, 5.41) is 18.4. The Morgan fingerprint density at radius 3 is 2.72 bits per heavy atom. The number of anilines is 1. The monoisotopic (exact) mass is 494 g/mol. The summed E-state index contributed by atoms with van der Waals surface area (Å²) in [5.41, 5.74) is 1.13. The zero-order chi connectivity index (χ0) is 25.4. The van der Waals surface area contributed by atoms with Gasteiger partial charge in [0, 0.05) is 18.2 Å². The van der Waals surface area contributed by atoms with Crippen LogP contribution in [0, 0.1) is 17.0 Å². The maximum absolute atomic E-state index is 14.9. The van der Waals surface area contributed by atoms with E-state index in [1.807, 2.05) is 13.8 Å². The molecular weight excluding hydrogens is 470 g/mol. The molecule has 1 atom stereocenters. The molecule has 1 aliphatic rings. The lowest BCUT2D eigenvalue weighted by Gasteiger charge is -2.44. The molecular formula is C25H24F2N6O3. The van der Waals surface area contributed by atoms with Crippen LogP contribution in [0.4, 0.5) is 14.6 Å². The first-order valence-corrected chi connectivity index (χ1v) is 11.5. The first-order valence-electron chi connectivity index (χ1n) is 11.5. The van der Waals surface area contributed by atoms with Crippen molar-refractivity contribution in [2.45, 2.75) is 39.3 Å². The molecule has 36 heavy (non-hydrogen) atoms. The number of carboxylic acids is 1. The van der Waals surface area contributed by atoms with Crippen LogP contribution in [0.15, 0.2) is 53.4 Å². The van der Waals surface area contributed by atoms with Gasteiger partial charge < -0.3 is 14.5 Å². The normalized spacial score (nSPS) is 17.3. The fraction of sp³-hybridized carbons (Fsp3) is 0.320. The molecule has 3 aromatic heterocycles. The Kier molecular flexibility index (Phi) is 5.99. The van der Waals surface area contributed by atoms with Gasteiger partial charge in [-0.1, -0.05) is 37.2 Å². The summed E-state index contributed by atoms with van der Waals surface area (Å²) >= 11 is 0. The highest BCUT2D eigenvalue weighted by Crippen LogP contribution is 2.38. The average Bonchev–Trinajstić information content (AvgIpc) is 3.50. The van der Waals surface area contributed by atoms with Gasteiger partial charge in [0.2, 0.25) is 0 Å². The summed E-state index contributed by atoms with van der Waals surface area (Å²) in [6.45, 7) is 4.16. The standard InChI is InChI=1S/C25H24F2N6O3/c1-25(2)9-5-10-32(21(25)24(34)35)23-17(27)13-28-22(29-23)19-12-20(18-8-11-36-31-18)33(30-19)14-15-6-3-4-7-16(15)26/h3-4,6-8,11-13,21H,5,9-10,14H2,1-2H3,(H,34,35). The Hall–Kier alpha value is -4.15. The summed E-state index contributed by atoms with van der Waals surface area (Å²) in [7, 11) is 0. The molecule has 0 saturated carbocycles. The molecule has 186 valence electrons. The summed E-state index contributed by atoms with van der Waals surface area (Å²) in [4.78, 5) is 22.1. The third-order valence-corrected chi connectivity index (χ3v) is 6.49. The van der Waals surface area contributed by atoms with Crippen molar-refractivity contribution in [1.82, 2.24) is 24.9 Å². The minimum Gasteiger partial charge on any atom is -0.480 e. The van der Waals surface area contributed by atoms with E-state index < -0.39 is 23.2 Å². The van der Waals surface area contributed by atoms with Gasteiger partial charge in [0.05, 0.1) is 18.4 Å². The fourth-order valence-corrected chi connectivity index (χ4v) is 4.76. The number of piperidine rings is 1. The second kappa shape index (κ2) is 9.14. The summed E-state index contributed by atoms with van der Waals surface area (Å²) in [6.07, 6.45) is 3.82. The molecule has 1 aliphatic heterocycles. The maximum Gasteiger partial charge on any atom is 0.326 e. The topological polar surface area (TPSA) is 110 Å². The van der Waals surface area contributed by atoms with E-state index in [2.05, 4.69) is 20.2 Å². The van der Waals surface area contributed by atoms with Crippen molar-refractivity contribution < 1.29 is 23.2 Å². The van der Waals surface area contributed by atoms with Crippen LogP contribution < -0.4 is 4.90 Å². The first-order chi connectivity index (χ1) is 17.2. The quantitative estimate of drug-likeness (QED) is 0.420. The Balaban J connectivity index is 1.57. The van der Waals surface area contributed by atoms with Crippen LogP contribution in [0.5, 0.6) is 0 Å². The van der Waals surface area contributed by atoms with Gasteiger partial charge in [0.1, 0.15) is 29.5 Å². The van der Waals surface area contributed by atoms with Crippen molar-refractivity contribution in [3.63, 3.8) is 0 Å². The van der Waals surface area contributed by atoms with Gasteiger partial charge in [0.15, 0.2) is 17.5 Å². The van der Waals surface area contributed by atoms with E-state index in [9.17, 15) is 18.7 Å². The zero-order valence-electron chi connectivity index (χ0n) is 19.7. The van der Waals surface area contributed by atoms with E-state index in [1.165, 1.54) is 17.2 Å². The van der Waals surface area contributed by atoms with Gasteiger partial charge in [-0.15, -0.1) is 0 Å². The molecule has 1 unspecified atom stereocenters. The molecule has 1 N–H and O–H groups in total. The molecule has 5 rings (SSSR count). The number of aromatic nitrogens is 5. The van der Waals surface area contributed by atoms with Gasteiger partial charge in [0.25, 0.3) is 0 Å². The molecule has 4 heterocycles. The van der Waals surface area contributed by atoms with E-state index in [1.54, 1.807) is 35.0 Å². The van der Waals surface area contributed by atoms with E-state index in [0.29, 0.717) is 42.0 Å². The Labute approximate surface area is 205 Å². The minimum absolute atomic E-state index is 0.0909. The SMILES string of the molecule is CC1(C)CCCN(c2nc(-c3cc(-c4ccon4)n(Cc4ccccc4F)n3)ncc2F)C1C(=O)O. The fourth-order valence-electron chi connectivity index (χ4n) is 4.76. The van der Waals surface area contributed by atoms with Gasteiger partial charge in [-0.25, -0.2) is 23.5 Å². The number of nitrogens with zero attached hydrogens (tertiary/aromatic N) is 6. The summed E-state index contributed by atoms with van der Waals surface area (Å²) in [6, 6.07) is 8.70. The molecule has 0 aliphatic carbocycles. The molecule has 1 aromatic carbocycles. The van der Waals surface area contributed by atoms with Crippen molar-refractivity contribution in [1.29, 1.82) is 0 Å². The number of carboxylic acid groups (broad SMARTS) is 1. The highest BCUT2D eigenvalue weighted by molar-refractivity contribution is 5.79. The lowest BCUT2D eigenvalue weighted by atomic mass is 9.76. The second-order valence-electron chi connectivity index (χ2n) is 9.44. The van der Waals surface area contributed by atoms with Crippen LogP contribution in [-0.2, 0) is 11.3 Å². The van der Waals surface area contributed by atoms with Crippen LogP contribution in [-0.4, -0.2) is 48.6 Å². The number of rotatable bonds is 6.